The molecule has 3 N–H and O–H groups in total. The van der Waals surface area contributed by atoms with Crippen LogP contribution >= 0.6 is 0 Å². The predicted octanol–water partition coefficient (Wildman–Crippen LogP) is 3.05. The SMILES string of the molecule is C[C@@H](NCC(O)c1ccc(F)cc1F)c1ccccc1O. The Kier molecular flexibility index (Phi) is 4.88. The fourth-order valence-electron chi connectivity index (χ4n) is 2.13. The van der Waals surface area contributed by atoms with E-state index < -0.39 is 17.7 Å². The first-order valence-corrected chi connectivity index (χ1v) is 6.63. The van der Waals surface area contributed by atoms with Crippen molar-refractivity contribution >= 4 is 0 Å². The number of halogens is 2. The van der Waals surface area contributed by atoms with Gasteiger partial charge in [-0.05, 0) is 19.1 Å². The Bertz CT molecular complexity index is 619. The fourth-order valence-corrected chi connectivity index (χ4v) is 2.13. The lowest BCUT2D eigenvalue weighted by molar-refractivity contribution is 0.166. The van der Waals surface area contributed by atoms with E-state index in [9.17, 15) is 19.0 Å². The number of rotatable bonds is 5. The molecular weight excluding hydrogens is 276 g/mol. The summed E-state index contributed by atoms with van der Waals surface area (Å²) >= 11 is 0. The summed E-state index contributed by atoms with van der Waals surface area (Å²) in [6.07, 6.45) is -1.10. The van der Waals surface area contributed by atoms with E-state index in [0.717, 1.165) is 12.1 Å². The molecule has 1 unspecified atom stereocenters. The molecule has 3 nitrogen and oxygen atoms in total. The van der Waals surface area contributed by atoms with Crippen molar-refractivity contribution in [2.24, 2.45) is 0 Å². The zero-order valence-corrected chi connectivity index (χ0v) is 11.6. The summed E-state index contributed by atoms with van der Waals surface area (Å²) in [5.41, 5.74) is 0.720. The standard InChI is InChI=1S/C16H17F2NO2/c1-10(12-4-2-3-5-15(12)20)19-9-16(21)13-7-6-11(17)8-14(13)18/h2-8,10,16,19-21H,9H2,1H3/t10-,16?/m1/s1. The van der Waals surface area contributed by atoms with Crippen molar-refractivity contribution in [2.45, 2.75) is 19.1 Å². The van der Waals surface area contributed by atoms with Gasteiger partial charge in [-0.2, -0.15) is 0 Å². The summed E-state index contributed by atoms with van der Waals surface area (Å²) in [6.45, 7) is 1.90. The van der Waals surface area contributed by atoms with Gasteiger partial charge >= 0.3 is 0 Å². The van der Waals surface area contributed by atoms with Crippen molar-refractivity contribution in [1.82, 2.24) is 5.32 Å². The number of hydrogen-bond acceptors (Lipinski definition) is 3. The van der Waals surface area contributed by atoms with Gasteiger partial charge in [0.1, 0.15) is 17.4 Å². The van der Waals surface area contributed by atoms with E-state index in [1.165, 1.54) is 6.07 Å². The number of aliphatic hydroxyl groups excluding tert-OH is 1. The molecule has 0 heterocycles. The summed E-state index contributed by atoms with van der Waals surface area (Å²) in [7, 11) is 0. The molecule has 0 saturated carbocycles. The molecule has 2 rings (SSSR count). The van der Waals surface area contributed by atoms with Gasteiger partial charge in [-0.1, -0.05) is 24.3 Å². The number of benzene rings is 2. The van der Waals surface area contributed by atoms with Crippen LogP contribution in [-0.2, 0) is 0 Å². The molecule has 2 atom stereocenters. The van der Waals surface area contributed by atoms with E-state index in [0.29, 0.717) is 5.56 Å². The number of phenolic OH excluding ortho intramolecular Hbond substituents is 1. The number of phenols is 1. The Morgan fingerprint density at radius 3 is 2.48 bits per heavy atom. The van der Waals surface area contributed by atoms with E-state index in [1.807, 2.05) is 6.92 Å². The molecule has 0 aliphatic carbocycles. The topological polar surface area (TPSA) is 52.5 Å². The Morgan fingerprint density at radius 2 is 1.81 bits per heavy atom. The molecule has 21 heavy (non-hydrogen) atoms. The summed E-state index contributed by atoms with van der Waals surface area (Å²) in [4.78, 5) is 0. The lowest BCUT2D eigenvalue weighted by Crippen LogP contribution is -2.25. The van der Waals surface area contributed by atoms with E-state index >= 15 is 0 Å². The summed E-state index contributed by atoms with van der Waals surface area (Å²) in [6, 6.07) is 9.70. The van der Waals surface area contributed by atoms with Crippen LogP contribution < -0.4 is 5.32 Å². The minimum absolute atomic E-state index is 0.0355. The van der Waals surface area contributed by atoms with Gasteiger partial charge in [0.05, 0.1) is 6.10 Å². The van der Waals surface area contributed by atoms with Gasteiger partial charge < -0.3 is 15.5 Å². The third kappa shape index (κ3) is 3.77. The van der Waals surface area contributed by atoms with Crippen LogP contribution in [0.25, 0.3) is 0 Å². The highest BCUT2D eigenvalue weighted by Gasteiger charge is 2.16. The molecular formula is C16H17F2NO2. The summed E-state index contributed by atoms with van der Waals surface area (Å²) in [5, 5.41) is 22.7. The lowest BCUT2D eigenvalue weighted by Gasteiger charge is -2.19. The normalized spacial score (nSPS) is 13.9. The molecule has 5 heteroatoms. The molecule has 2 aromatic carbocycles. The monoisotopic (exact) mass is 293 g/mol. The smallest absolute Gasteiger partial charge is 0.131 e. The highest BCUT2D eigenvalue weighted by Crippen LogP contribution is 2.24. The van der Waals surface area contributed by atoms with Crippen molar-refractivity contribution < 1.29 is 19.0 Å². The number of aliphatic hydroxyl groups is 1. The fraction of sp³-hybridized carbons (Fsp3) is 0.250. The Hall–Kier alpha value is -1.98. The molecule has 0 bridgehead atoms. The molecule has 0 aromatic heterocycles. The van der Waals surface area contributed by atoms with Crippen molar-refractivity contribution in [3.05, 3.63) is 65.2 Å². The minimum Gasteiger partial charge on any atom is -0.508 e. The van der Waals surface area contributed by atoms with Gasteiger partial charge in [0.2, 0.25) is 0 Å². The molecule has 0 fully saturated rings. The Balaban J connectivity index is 2.01. The predicted molar refractivity (Wildman–Crippen MR) is 75.8 cm³/mol. The van der Waals surface area contributed by atoms with Crippen LogP contribution in [0.4, 0.5) is 8.78 Å². The van der Waals surface area contributed by atoms with Gasteiger partial charge in [-0.3, -0.25) is 0 Å². The van der Waals surface area contributed by atoms with E-state index in [4.69, 9.17) is 0 Å². The van der Waals surface area contributed by atoms with Crippen molar-refractivity contribution in [1.29, 1.82) is 0 Å². The maximum Gasteiger partial charge on any atom is 0.131 e. The quantitative estimate of drug-likeness (QED) is 0.794. The Morgan fingerprint density at radius 1 is 1.10 bits per heavy atom. The van der Waals surface area contributed by atoms with Crippen LogP contribution in [0.5, 0.6) is 5.75 Å². The highest BCUT2D eigenvalue weighted by atomic mass is 19.1. The average Bonchev–Trinajstić information content (AvgIpc) is 2.45. The van der Waals surface area contributed by atoms with Crippen LogP contribution in [0.2, 0.25) is 0 Å². The molecule has 0 aliphatic rings. The van der Waals surface area contributed by atoms with Gasteiger partial charge in [-0.15, -0.1) is 0 Å². The third-order valence-corrected chi connectivity index (χ3v) is 3.34. The van der Waals surface area contributed by atoms with Crippen molar-refractivity contribution in [2.75, 3.05) is 6.54 Å². The maximum atomic E-state index is 13.5. The second kappa shape index (κ2) is 6.65. The van der Waals surface area contributed by atoms with Crippen LogP contribution in [0, 0.1) is 11.6 Å². The first kappa shape index (κ1) is 15.4. The van der Waals surface area contributed by atoms with Crippen LogP contribution in [-0.4, -0.2) is 16.8 Å². The zero-order chi connectivity index (χ0) is 15.4. The van der Waals surface area contributed by atoms with E-state index in [-0.39, 0.29) is 23.9 Å². The van der Waals surface area contributed by atoms with Crippen LogP contribution in [0.1, 0.15) is 30.2 Å². The van der Waals surface area contributed by atoms with Crippen molar-refractivity contribution in [3.63, 3.8) is 0 Å². The largest absolute Gasteiger partial charge is 0.508 e. The zero-order valence-electron chi connectivity index (χ0n) is 11.6. The van der Waals surface area contributed by atoms with Gasteiger partial charge in [0.25, 0.3) is 0 Å². The number of para-hydroxylation sites is 1. The molecule has 0 spiro atoms. The van der Waals surface area contributed by atoms with Gasteiger partial charge in [0.15, 0.2) is 0 Å². The first-order chi connectivity index (χ1) is 9.99. The van der Waals surface area contributed by atoms with Crippen LogP contribution in [0.15, 0.2) is 42.5 Å². The van der Waals surface area contributed by atoms with Crippen molar-refractivity contribution in [3.8, 4) is 5.75 Å². The molecule has 112 valence electrons. The molecule has 0 saturated heterocycles. The first-order valence-electron chi connectivity index (χ1n) is 6.63. The number of aromatic hydroxyl groups is 1. The minimum atomic E-state index is -1.10. The second-order valence-corrected chi connectivity index (χ2v) is 4.87. The third-order valence-electron chi connectivity index (χ3n) is 3.34. The highest BCUT2D eigenvalue weighted by molar-refractivity contribution is 5.34. The molecule has 2 aromatic rings. The number of hydrogen-bond donors (Lipinski definition) is 3. The maximum absolute atomic E-state index is 13.5. The lowest BCUT2D eigenvalue weighted by atomic mass is 10.1. The summed E-state index contributed by atoms with van der Waals surface area (Å²) in [5.74, 6) is -1.31. The Labute approximate surface area is 121 Å². The van der Waals surface area contributed by atoms with Crippen LogP contribution in [0.3, 0.4) is 0 Å². The second-order valence-electron chi connectivity index (χ2n) is 4.87. The molecule has 0 aliphatic heterocycles. The van der Waals surface area contributed by atoms with E-state index in [1.54, 1.807) is 24.3 Å². The number of nitrogens with one attached hydrogen (secondary N) is 1. The average molecular weight is 293 g/mol. The van der Waals surface area contributed by atoms with Gasteiger partial charge in [0, 0.05) is 29.8 Å². The summed E-state index contributed by atoms with van der Waals surface area (Å²) < 4.78 is 26.4. The molecule has 0 amide bonds. The molecule has 0 radical (unpaired) electrons. The van der Waals surface area contributed by atoms with Gasteiger partial charge in [-0.25, -0.2) is 8.78 Å². The van der Waals surface area contributed by atoms with E-state index in [2.05, 4.69) is 5.32 Å².